The van der Waals surface area contributed by atoms with E-state index in [0.29, 0.717) is 18.8 Å². The zero-order chi connectivity index (χ0) is 20.4. The fourth-order valence-corrected chi connectivity index (χ4v) is 3.01. The number of nitrogens with zero attached hydrogens (tertiary/aromatic N) is 5. The van der Waals surface area contributed by atoms with Crippen LogP contribution in [-0.4, -0.2) is 43.1 Å². The topological polar surface area (TPSA) is 91.4 Å². The summed E-state index contributed by atoms with van der Waals surface area (Å²) in [4.78, 5) is 43.4. The highest BCUT2D eigenvalue weighted by Crippen LogP contribution is 2.13. The number of ether oxygens (including phenoxy) is 1. The monoisotopic (exact) mass is 385 g/mol. The molecule has 9 heteroatoms. The molecule has 0 aliphatic carbocycles. The smallest absolute Gasteiger partial charge is 0.332 e. The first-order valence-corrected chi connectivity index (χ1v) is 8.90. The molecule has 0 saturated carbocycles. The summed E-state index contributed by atoms with van der Waals surface area (Å²) in [5.74, 6) is 0.425. The molecule has 1 amide bonds. The van der Waals surface area contributed by atoms with Crippen LogP contribution < -0.4 is 16.0 Å². The van der Waals surface area contributed by atoms with Crippen molar-refractivity contribution in [2.75, 3.05) is 13.7 Å². The van der Waals surface area contributed by atoms with Crippen LogP contribution in [0.1, 0.15) is 12.5 Å². The number of aromatic nitrogens is 4. The molecule has 1 aromatic carbocycles. The van der Waals surface area contributed by atoms with Gasteiger partial charge in [-0.1, -0.05) is 12.1 Å². The zero-order valence-corrected chi connectivity index (χ0v) is 16.4. The average molecular weight is 385 g/mol. The van der Waals surface area contributed by atoms with Gasteiger partial charge in [-0.15, -0.1) is 0 Å². The Balaban J connectivity index is 1.81. The first-order valence-electron chi connectivity index (χ1n) is 8.90. The summed E-state index contributed by atoms with van der Waals surface area (Å²) in [5, 5.41) is 0. The van der Waals surface area contributed by atoms with Gasteiger partial charge in [0.25, 0.3) is 5.56 Å². The number of rotatable bonds is 6. The number of carbonyl (C=O) groups excluding carboxylic acids is 1. The van der Waals surface area contributed by atoms with Crippen LogP contribution >= 0.6 is 0 Å². The Kier molecular flexibility index (Phi) is 5.34. The Morgan fingerprint density at radius 2 is 1.86 bits per heavy atom. The lowest BCUT2D eigenvalue weighted by Gasteiger charge is -2.18. The molecule has 0 N–H and O–H groups in total. The largest absolute Gasteiger partial charge is 0.494 e. The molecule has 2 heterocycles. The standard InChI is InChI=1S/C19H23N5O4/c1-5-28-14-8-6-13(7-9-14)10-21(2)15(25)11-24-18(26)16-17(20-12-22(16)3)23(4)19(24)27/h6-9,12H,5,10-11H2,1-4H3. The number of likely N-dealkylation sites (N-methyl/N-ethyl adjacent to an activating group) is 1. The normalized spacial score (nSPS) is 11.0. The summed E-state index contributed by atoms with van der Waals surface area (Å²) in [6.45, 7) is 2.52. The lowest BCUT2D eigenvalue weighted by atomic mass is 10.2. The van der Waals surface area contributed by atoms with Crippen LogP contribution in [0.5, 0.6) is 5.75 Å². The van der Waals surface area contributed by atoms with Gasteiger partial charge in [0, 0.05) is 27.7 Å². The molecule has 148 valence electrons. The summed E-state index contributed by atoms with van der Waals surface area (Å²) in [6, 6.07) is 7.44. The minimum Gasteiger partial charge on any atom is -0.494 e. The molecule has 28 heavy (non-hydrogen) atoms. The number of aryl methyl sites for hydroxylation is 2. The fourth-order valence-electron chi connectivity index (χ4n) is 3.01. The SMILES string of the molecule is CCOc1ccc(CN(C)C(=O)Cn2c(=O)c3c(ncn3C)n(C)c2=O)cc1. The van der Waals surface area contributed by atoms with Gasteiger partial charge in [0.2, 0.25) is 5.91 Å². The highest BCUT2D eigenvalue weighted by Gasteiger charge is 2.18. The molecule has 0 saturated heterocycles. The van der Waals surface area contributed by atoms with Gasteiger partial charge >= 0.3 is 5.69 Å². The first-order chi connectivity index (χ1) is 13.3. The van der Waals surface area contributed by atoms with Crippen molar-refractivity contribution in [3.8, 4) is 5.75 Å². The molecule has 3 rings (SSSR count). The van der Waals surface area contributed by atoms with Crippen molar-refractivity contribution in [1.82, 2.24) is 23.6 Å². The molecule has 0 unspecified atom stereocenters. The fraction of sp³-hybridized carbons (Fsp3) is 0.368. The average Bonchev–Trinajstić information content (AvgIpc) is 3.07. The lowest BCUT2D eigenvalue weighted by molar-refractivity contribution is -0.131. The van der Waals surface area contributed by atoms with Crippen molar-refractivity contribution < 1.29 is 9.53 Å². The summed E-state index contributed by atoms with van der Waals surface area (Å²) in [6.07, 6.45) is 1.47. The van der Waals surface area contributed by atoms with Gasteiger partial charge in [0.05, 0.1) is 12.9 Å². The van der Waals surface area contributed by atoms with E-state index in [4.69, 9.17) is 4.74 Å². The third-order valence-electron chi connectivity index (χ3n) is 4.57. The van der Waals surface area contributed by atoms with Crippen molar-refractivity contribution in [1.29, 1.82) is 0 Å². The maximum absolute atomic E-state index is 12.7. The molecule has 0 radical (unpaired) electrons. The van der Waals surface area contributed by atoms with E-state index < -0.39 is 11.2 Å². The second-order valence-electron chi connectivity index (χ2n) is 6.59. The van der Waals surface area contributed by atoms with Crippen LogP contribution in [0.15, 0.2) is 40.2 Å². The number of hydrogen-bond donors (Lipinski definition) is 0. The predicted octanol–water partition coefficient (Wildman–Crippen LogP) is 0.491. The molecular weight excluding hydrogens is 362 g/mol. The number of benzene rings is 1. The van der Waals surface area contributed by atoms with E-state index in [0.717, 1.165) is 15.9 Å². The van der Waals surface area contributed by atoms with Gasteiger partial charge in [-0.25, -0.2) is 14.3 Å². The van der Waals surface area contributed by atoms with E-state index in [9.17, 15) is 14.4 Å². The van der Waals surface area contributed by atoms with E-state index in [-0.39, 0.29) is 18.0 Å². The van der Waals surface area contributed by atoms with E-state index in [1.165, 1.54) is 22.8 Å². The Bertz CT molecular complexity index is 1120. The number of hydrogen-bond acceptors (Lipinski definition) is 5. The van der Waals surface area contributed by atoms with Crippen LogP contribution in [0.2, 0.25) is 0 Å². The van der Waals surface area contributed by atoms with Crippen molar-refractivity contribution in [3.05, 3.63) is 57.0 Å². The third kappa shape index (κ3) is 3.55. The molecule has 9 nitrogen and oxygen atoms in total. The van der Waals surface area contributed by atoms with Gasteiger partial charge in [0.15, 0.2) is 11.2 Å². The Labute approximate surface area is 161 Å². The summed E-state index contributed by atoms with van der Waals surface area (Å²) in [5.41, 5.74) is 0.398. The molecule has 2 aromatic heterocycles. The summed E-state index contributed by atoms with van der Waals surface area (Å²) >= 11 is 0. The lowest BCUT2D eigenvalue weighted by Crippen LogP contribution is -2.43. The van der Waals surface area contributed by atoms with E-state index in [1.54, 1.807) is 18.7 Å². The Morgan fingerprint density at radius 1 is 1.18 bits per heavy atom. The van der Waals surface area contributed by atoms with E-state index in [1.807, 2.05) is 31.2 Å². The van der Waals surface area contributed by atoms with Gasteiger partial charge in [0.1, 0.15) is 12.3 Å². The maximum Gasteiger partial charge on any atom is 0.332 e. The molecule has 0 aliphatic rings. The number of carbonyl (C=O) groups is 1. The minimum absolute atomic E-state index is 0.282. The first kappa shape index (κ1) is 19.4. The minimum atomic E-state index is -0.570. The molecular formula is C19H23N5O4. The molecule has 0 bridgehead atoms. The highest BCUT2D eigenvalue weighted by molar-refractivity contribution is 5.76. The van der Waals surface area contributed by atoms with Crippen molar-refractivity contribution >= 4 is 17.1 Å². The summed E-state index contributed by atoms with van der Waals surface area (Å²) in [7, 11) is 4.84. The molecule has 0 aliphatic heterocycles. The van der Waals surface area contributed by atoms with Crippen LogP contribution in [-0.2, 0) is 32.0 Å². The zero-order valence-electron chi connectivity index (χ0n) is 16.4. The molecule has 3 aromatic rings. The van der Waals surface area contributed by atoms with E-state index in [2.05, 4.69) is 4.98 Å². The number of amides is 1. The number of imidazole rings is 1. The van der Waals surface area contributed by atoms with Gasteiger partial charge in [-0.2, -0.15) is 0 Å². The van der Waals surface area contributed by atoms with Gasteiger partial charge in [-0.3, -0.25) is 14.2 Å². The maximum atomic E-state index is 12.7. The van der Waals surface area contributed by atoms with Gasteiger partial charge in [-0.05, 0) is 24.6 Å². The third-order valence-corrected chi connectivity index (χ3v) is 4.57. The van der Waals surface area contributed by atoms with Crippen LogP contribution in [0.25, 0.3) is 11.2 Å². The second-order valence-corrected chi connectivity index (χ2v) is 6.59. The molecule has 0 fully saturated rings. The quantitative estimate of drug-likeness (QED) is 0.616. The summed E-state index contributed by atoms with van der Waals surface area (Å²) < 4.78 is 9.17. The second kappa shape index (κ2) is 7.71. The van der Waals surface area contributed by atoms with Crippen molar-refractivity contribution in [2.45, 2.75) is 20.0 Å². The van der Waals surface area contributed by atoms with Gasteiger partial charge < -0.3 is 14.2 Å². The number of fused-ring (bicyclic) bond motifs is 1. The predicted molar refractivity (Wildman–Crippen MR) is 104 cm³/mol. The Hall–Kier alpha value is -3.36. The molecule has 0 atom stereocenters. The van der Waals surface area contributed by atoms with Crippen LogP contribution in [0.3, 0.4) is 0 Å². The van der Waals surface area contributed by atoms with Crippen molar-refractivity contribution in [3.63, 3.8) is 0 Å². The van der Waals surface area contributed by atoms with Crippen LogP contribution in [0, 0.1) is 0 Å². The van der Waals surface area contributed by atoms with Crippen LogP contribution in [0.4, 0.5) is 0 Å². The highest BCUT2D eigenvalue weighted by atomic mass is 16.5. The molecule has 0 spiro atoms. The Morgan fingerprint density at radius 3 is 2.50 bits per heavy atom. The van der Waals surface area contributed by atoms with Crippen molar-refractivity contribution in [2.24, 2.45) is 14.1 Å². The van der Waals surface area contributed by atoms with E-state index >= 15 is 0 Å².